The molecule has 1 saturated carbocycles. The van der Waals surface area contributed by atoms with Gasteiger partial charge < -0.3 is 9.47 Å². The number of carbonyl (C=O) groups excluding carboxylic acids is 1. The molecular formula is C18H24O3. The first-order valence-corrected chi connectivity index (χ1v) is 8.09. The molecule has 0 bridgehead atoms. The summed E-state index contributed by atoms with van der Waals surface area (Å²) in [4.78, 5) is 12.5. The molecule has 1 heterocycles. The van der Waals surface area contributed by atoms with Crippen molar-refractivity contribution in [1.29, 1.82) is 0 Å². The van der Waals surface area contributed by atoms with Crippen LogP contribution in [-0.2, 0) is 19.9 Å². The monoisotopic (exact) mass is 288 g/mol. The van der Waals surface area contributed by atoms with Gasteiger partial charge in [-0.2, -0.15) is 0 Å². The van der Waals surface area contributed by atoms with Crippen LogP contribution in [0, 0.1) is 6.92 Å². The second-order valence-electron chi connectivity index (χ2n) is 6.32. The Morgan fingerprint density at radius 1 is 1.24 bits per heavy atom. The first kappa shape index (κ1) is 14.6. The van der Waals surface area contributed by atoms with Crippen molar-refractivity contribution >= 4 is 5.97 Å². The lowest BCUT2D eigenvalue weighted by molar-refractivity contribution is -0.150. The van der Waals surface area contributed by atoms with Crippen molar-refractivity contribution in [1.82, 2.24) is 0 Å². The van der Waals surface area contributed by atoms with Gasteiger partial charge in [-0.1, -0.05) is 49.6 Å². The summed E-state index contributed by atoms with van der Waals surface area (Å²) in [5.74, 6) is -0.156. The standard InChI is InChI=1S/C18H24O3/c1-3-4-5-13-20-16(19)18-12-6-11-17(18,21-18)15-9-7-14(2)8-10-15/h7-10H,3-6,11-13H2,1-2H3. The van der Waals surface area contributed by atoms with Crippen LogP contribution in [0.2, 0.25) is 0 Å². The van der Waals surface area contributed by atoms with E-state index < -0.39 is 11.2 Å². The predicted molar refractivity (Wildman–Crippen MR) is 81.0 cm³/mol. The van der Waals surface area contributed by atoms with E-state index in [0.29, 0.717) is 6.61 Å². The molecule has 2 aliphatic rings. The van der Waals surface area contributed by atoms with Crippen molar-refractivity contribution in [2.45, 2.75) is 63.6 Å². The number of hydrogen-bond donors (Lipinski definition) is 0. The number of epoxide rings is 1. The normalized spacial score (nSPS) is 30.0. The van der Waals surface area contributed by atoms with E-state index in [1.807, 2.05) is 0 Å². The third-order valence-corrected chi connectivity index (χ3v) is 4.85. The van der Waals surface area contributed by atoms with E-state index in [9.17, 15) is 4.79 Å². The van der Waals surface area contributed by atoms with Crippen molar-refractivity contribution in [3.8, 4) is 0 Å². The molecule has 0 N–H and O–H groups in total. The summed E-state index contributed by atoms with van der Waals surface area (Å²) in [6.45, 7) is 4.73. The smallest absolute Gasteiger partial charge is 0.341 e. The van der Waals surface area contributed by atoms with Crippen LogP contribution in [0.3, 0.4) is 0 Å². The zero-order valence-corrected chi connectivity index (χ0v) is 13.0. The molecule has 114 valence electrons. The van der Waals surface area contributed by atoms with Gasteiger partial charge in [0.1, 0.15) is 5.60 Å². The van der Waals surface area contributed by atoms with Crippen LogP contribution >= 0.6 is 0 Å². The van der Waals surface area contributed by atoms with Gasteiger partial charge in [0, 0.05) is 0 Å². The quantitative estimate of drug-likeness (QED) is 0.453. The van der Waals surface area contributed by atoms with Gasteiger partial charge in [0.2, 0.25) is 0 Å². The van der Waals surface area contributed by atoms with Crippen LogP contribution in [0.4, 0.5) is 0 Å². The van der Waals surface area contributed by atoms with Gasteiger partial charge in [-0.3, -0.25) is 0 Å². The van der Waals surface area contributed by atoms with E-state index in [0.717, 1.165) is 44.1 Å². The molecule has 0 amide bonds. The van der Waals surface area contributed by atoms with E-state index in [1.54, 1.807) is 0 Å². The summed E-state index contributed by atoms with van der Waals surface area (Å²) >= 11 is 0. The molecule has 0 aromatic heterocycles. The zero-order valence-electron chi connectivity index (χ0n) is 13.0. The Bertz CT molecular complexity index is 522. The first-order valence-electron chi connectivity index (χ1n) is 8.09. The molecule has 0 radical (unpaired) electrons. The second-order valence-corrected chi connectivity index (χ2v) is 6.32. The fourth-order valence-corrected chi connectivity index (χ4v) is 3.57. The number of fused-ring (bicyclic) bond motifs is 1. The number of unbranched alkanes of at least 4 members (excludes halogenated alkanes) is 2. The molecule has 3 rings (SSSR count). The topological polar surface area (TPSA) is 38.8 Å². The van der Waals surface area contributed by atoms with Crippen LogP contribution in [0.25, 0.3) is 0 Å². The Hall–Kier alpha value is -1.35. The highest BCUT2D eigenvalue weighted by molar-refractivity contribution is 5.86. The summed E-state index contributed by atoms with van der Waals surface area (Å²) in [6, 6.07) is 8.35. The lowest BCUT2D eigenvalue weighted by atomic mass is 9.88. The highest BCUT2D eigenvalue weighted by atomic mass is 16.7. The molecule has 2 unspecified atom stereocenters. The number of rotatable bonds is 6. The van der Waals surface area contributed by atoms with Crippen molar-refractivity contribution in [2.75, 3.05) is 6.61 Å². The third-order valence-electron chi connectivity index (χ3n) is 4.85. The molecule has 1 saturated heterocycles. The predicted octanol–water partition coefficient (Wildman–Crippen LogP) is 3.88. The van der Waals surface area contributed by atoms with Crippen molar-refractivity contribution in [2.24, 2.45) is 0 Å². The number of hydrogen-bond acceptors (Lipinski definition) is 3. The van der Waals surface area contributed by atoms with Crippen LogP contribution in [0.5, 0.6) is 0 Å². The summed E-state index contributed by atoms with van der Waals surface area (Å²) in [6.07, 6.45) is 5.90. The van der Waals surface area contributed by atoms with Crippen LogP contribution < -0.4 is 0 Å². The lowest BCUT2D eigenvalue weighted by Crippen LogP contribution is -2.30. The van der Waals surface area contributed by atoms with E-state index in [1.165, 1.54) is 5.56 Å². The summed E-state index contributed by atoms with van der Waals surface area (Å²) in [7, 11) is 0. The number of benzene rings is 1. The summed E-state index contributed by atoms with van der Waals surface area (Å²) in [5, 5.41) is 0. The van der Waals surface area contributed by atoms with E-state index in [4.69, 9.17) is 9.47 Å². The first-order chi connectivity index (χ1) is 10.1. The van der Waals surface area contributed by atoms with Gasteiger partial charge in [0.25, 0.3) is 0 Å². The van der Waals surface area contributed by atoms with E-state index in [2.05, 4.69) is 38.1 Å². The average molecular weight is 288 g/mol. The Kier molecular flexibility index (Phi) is 3.78. The van der Waals surface area contributed by atoms with Crippen LogP contribution in [0.15, 0.2) is 24.3 Å². The second kappa shape index (κ2) is 5.45. The molecule has 1 aromatic carbocycles. The number of ether oxygens (including phenoxy) is 2. The summed E-state index contributed by atoms with van der Waals surface area (Å²) < 4.78 is 11.5. The van der Waals surface area contributed by atoms with Gasteiger partial charge in [0.05, 0.1) is 6.61 Å². The molecule has 2 atom stereocenters. The largest absolute Gasteiger partial charge is 0.463 e. The van der Waals surface area contributed by atoms with Gasteiger partial charge >= 0.3 is 5.97 Å². The fraction of sp³-hybridized carbons (Fsp3) is 0.611. The SMILES string of the molecule is CCCCCOC(=O)C12CCCC1(c1ccc(C)cc1)O2. The molecule has 1 aliphatic carbocycles. The summed E-state index contributed by atoms with van der Waals surface area (Å²) in [5.41, 5.74) is 1.23. The third kappa shape index (κ3) is 2.28. The van der Waals surface area contributed by atoms with Gasteiger partial charge in [-0.15, -0.1) is 0 Å². The Labute approximate surface area is 126 Å². The minimum Gasteiger partial charge on any atom is -0.463 e. The number of esters is 1. The molecule has 1 aromatic rings. The molecule has 3 heteroatoms. The number of aryl methyl sites for hydroxylation is 1. The fourth-order valence-electron chi connectivity index (χ4n) is 3.57. The molecule has 3 nitrogen and oxygen atoms in total. The zero-order chi connectivity index (χ0) is 14.9. The van der Waals surface area contributed by atoms with Crippen molar-refractivity contribution in [3.05, 3.63) is 35.4 Å². The van der Waals surface area contributed by atoms with Gasteiger partial charge in [-0.05, 0) is 38.2 Å². The highest BCUT2D eigenvalue weighted by Crippen LogP contribution is 2.66. The minimum atomic E-state index is -0.700. The maximum absolute atomic E-state index is 12.5. The van der Waals surface area contributed by atoms with Gasteiger partial charge in [0.15, 0.2) is 5.60 Å². The van der Waals surface area contributed by atoms with Crippen LogP contribution in [0.1, 0.15) is 56.6 Å². The maximum Gasteiger partial charge on any atom is 0.341 e. The van der Waals surface area contributed by atoms with Gasteiger partial charge in [-0.25, -0.2) is 4.79 Å². The Morgan fingerprint density at radius 2 is 2.00 bits per heavy atom. The molecular weight excluding hydrogens is 264 g/mol. The van der Waals surface area contributed by atoms with Crippen molar-refractivity contribution < 1.29 is 14.3 Å². The lowest BCUT2D eigenvalue weighted by Gasteiger charge is -2.12. The number of carbonyl (C=O) groups is 1. The molecule has 0 spiro atoms. The molecule has 1 aliphatic heterocycles. The Balaban J connectivity index is 1.71. The van der Waals surface area contributed by atoms with Crippen molar-refractivity contribution in [3.63, 3.8) is 0 Å². The minimum absolute atomic E-state index is 0.156. The molecule has 2 fully saturated rings. The van der Waals surface area contributed by atoms with E-state index in [-0.39, 0.29) is 5.97 Å². The average Bonchev–Trinajstić information content (AvgIpc) is 3.02. The molecule has 21 heavy (non-hydrogen) atoms. The highest BCUT2D eigenvalue weighted by Gasteiger charge is 2.78. The Morgan fingerprint density at radius 3 is 2.71 bits per heavy atom. The maximum atomic E-state index is 12.5. The van der Waals surface area contributed by atoms with Crippen LogP contribution in [-0.4, -0.2) is 18.2 Å². The van der Waals surface area contributed by atoms with E-state index >= 15 is 0 Å².